The van der Waals surface area contributed by atoms with Crippen LogP contribution in [0.5, 0.6) is 0 Å². The smallest absolute Gasteiger partial charge is 0.337 e. The fourth-order valence-electron chi connectivity index (χ4n) is 1.41. The van der Waals surface area contributed by atoms with Crippen LogP contribution in [0.2, 0.25) is 0 Å². The van der Waals surface area contributed by atoms with E-state index in [1.54, 1.807) is 6.92 Å². The van der Waals surface area contributed by atoms with Crippen LogP contribution in [0.1, 0.15) is 6.92 Å². The normalized spacial score (nSPS) is 23.9. The number of hydrogen-bond acceptors (Lipinski definition) is 4. The van der Waals surface area contributed by atoms with Crippen LogP contribution >= 0.6 is 0 Å². The SMILES string of the molecule is CC1=NC2=NC=NC(=O)C2C=C1C(=O)O. The molecule has 0 spiro atoms. The third kappa shape index (κ3) is 1.50. The first-order valence-electron chi connectivity index (χ1n) is 4.24. The predicted octanol–water partition coefficient (Wildman–Crippen LogP) is 0.0551. The molecule has 0 aromatic rings. The van der Waals surface area contributed by atoms with Crippen molar-refractivity contribution < 1.29 is 14.7 Å². The fourth-order valence-corrected chi connectivity index (χ4v) is 1.41. The molecule has 0 saturated carbocycles. The average Bonchev–Trinajstić information content (AvgIpc) is 2.16. The number of hydrogen-bond donors (Lipinski definition) is 1. The summed E-state index contributed by atoms with van der Waals surface area (Å²) in [5.41, 5.74) is 0.380. The van der Waals surface area contributed by atoms with Gasteiger partial charge in [0.25, 0.3) is 5.91 Å². The van der Waals surface area contributed by atoms with Crippen molar-refractivity contribution in [3.8, 4) is 0 Å². The van der Waals surface area contributed by atoms with E-state index in [4.69, 9.17) is 5.11 Å². The van der Waals surface area contributed by atoms with Gasteiger partial charge in [-0.2, -0.15) is 0 Å². The van der Waals surface area contributed by atoms with E-state index in [-0.39, 0.29) is 5.57 Å². The third-order valence-corrected chi connectivity index (χ3v) is 2.15. The zero-order valence-electron chi connectivity index (χ0n) is 7.84. The first-order valence-corrected chi connectivity index (χ1v) is 4.24. The van der Waals surface area contributed by atoms with Crippen molar-refractivity contribution >= 4 is 29.8 Å². The van der Waals surface area contributed by atoms with Gasteiger partial charge in [-0.15, -0.1) is 0 Å². The van der Waals surface area contributed by atoms with Gasteiger partial charge in [-0.3, -0.25) is 4.79 Å². The van der Waals surface area contributed by atoms with Gasteiger partial charge < -0.3 is 5.11 Å². The summed E-state index contributed by atoms with van der Waals surface area (Å²) < 4.78 is 0. The summed E-state index contributed by atoms with van der Waals surface area (Å²) in [5.74, 6) is -1.98. The lowest BCUT2D eigenvalue weighted by molar-refractivity contribution is -0.132. The highest BCUT2D eigenvalue weighted by Crippen LogP contribution is 2.19. The van der Waals surface area contributed by atoms with Gasteiger partial charge >= 0.3 is 5.97 Å². The van der Waals surface area contributed by atoms with Crippen molar-refractivity contribution in [1.82, 2.24) is 0 Å². The molecule has 1 amide bonds. The lowest BCUT2D eigenvalue weighted by Gasteiger charge is -2.17. The maximum Gasteiger partial charge on any atom is 0.337 e. The molecule has 0 saturated heterocycles. The number of carboxylic acids is 1. The van der Waals surface area contributed by atoms with Gasteiger partial charge in [-0.05, 0) is 13.0 Å². The van der Waals surface area contributed by atoms with E-state index in [9.17, 15) is 9.59 Å². The number of carbonyl (C=O) groups is 2. The lowest BCUT2D eigenvalue weighted by atomic mass is 9.97. The van der Waals surface area contributed by atoms with Crippen molar-refractivity contribution in [2.45, 2.75) is 6.92 Å². The van der Waals surface area contributed by atoms with Crippen LogP contribution in [0.25, 0.3) is 0 Å². The molecule has 2 heterocycles. The Morgan fingerprint density at radius 1 is 1.53 bits per heavy atom. The lowest BCUT2D eigenvalue weighted by Crippen LogP contribution is -2.29. The van der Waals surface area contributed by atoms with Crippen molar-refractivity contribution in [3.63, 3.8) is 0 Å². The van der Waals surface area contributed by atoms with E-state index >= 15 is 0 Å². The average molecular weight is 205 g/mol. The number of carbonyl (C=O) groups excluding carboxylic acids is 1. The zero-order chi connectivity index (χ0) is 11.0. The topological polar surface area (TPSA) is 91.5 Å². The van der Waals surface area contributed by atoms with Crippen LogP contribution in [0, 0.1) is 5.92 Å². The van der Waals surface area contributed by atoms with Crippen LogP contribution in [0.4, 0.5) is 0 Å². The molecule has 6 nitrogen and oxygen atoms in total. The molecule has 6 heteroatoms. The number of amides is 1. The Morgan fingerprint density at radius 3 is 2.93 bits per heavy atom. The quantitative estimate of drug-likeness (QED) is 0.655. The summed E-state index contributed by atoms with van der Waals surface area (Å²) in [7, 11) is 0. The summed E-state index contributed by atoms with van der Waals surface area (Å²) >= 11 is 0. The maximum absolute atomic E-state index is 11.3. The number of nitrogens with zero attached hydrogens (tertiary/aromatic N) is 3. The molecule has 0 fully saturated rings. The molecular formula is C9H7N3O3. The van der Waals surface area contributed by atoms with Crippen molar-refractivity contribution in [2.24, 2.45) is 20.9 Å². The van der Waals surface area contributed by atoms with E-state index in [2.05, 4.69) is 15.0 Å². The maximum atomic E-state index is 11.3. The first kappa shape index (κ1) is 9.45. The molecule has 0 aromatic heterocycles. The Kier molecular flexibility index (Phi) is 2.03. The van der Waals surface area contributed by atoms with E-state index in [1.807, 2.05) is 0 Å². The van der Waals surface area contributed by atoms with Gasteiger partial charge in [0.05, 0.1) is 11.3 Å². The highest BCUT2D eigenvalue weighted by molar-refractivity contribution is 6.27. The van der Waals surface area contributed by atoms with Crippen LogP contribution in [-0.4, -0.2) is 34.9 Å². The summed E-state index contributed by atoms with van der Waals surface area (Å²) in [6.45, 7) is 1.56. The minimum Gasteiger partial charge on any atom is -0.478 e. The molecular weight excluding hydrogens is 198 g/mol. The standard InChI is InChI=1S/C9H7N3O3/c1-4-5(9(14)15)2-6-7(12-4)10-3-11-8(6)13/h2-3,6H,1H3,(H,14,15). The van der Waals surface area contributed by atoms with Gasteiger partial charge in [-0.25, -0.2) is 19.8 Å². The van der Waals surface area contributed by atoms with E-state index < -0.39 is 17.8 Å². The summed E-state index contributed by atoms with van der Waals surface area (Å²) in [6, 6.07) is 0. The summed E-state index contributed by atoms with van der Waals surface area (Å²) in [4.78, 5) is 33.4. The van der Waals surface area contributed by atoms with E-state index in [1.165, 1.54) is 6.08 Å². The molecule has 1 atom stereocenters. The first-order chi connectivity index (χ1) is 7.09. The molecule has 15 heavy (non-hydrogen) atoms. The highest BCUT2D eigenvalue weighted by atomic mass is 16.4. The highest BCUT2D eigenvalue weighted by Gasteiger charge is 2.30. The molecule has 2 aliphatic rings. The molecule has 0 aromatic carbocycles. The second-order valence-electron chi connectivity index (χ2n) is 3.13. The second kappa shape index (κ2) is 3.23. The largest absolute Gasteiger partial charge is 0.478 e. The van der Waals surface area contributed by atoms with Gasteiger partial charge in [0, 0.05) is 0 Å². The number of dihydropyridines is 1. The van der Waals surface area contributed by atoms with Crippen LogP contribution < -0.4 is 0 Å². The number of fused-ring (bicyclic) bond motifs is 1. The van der Waals surface area contributed by atoms with Crippen molar-refractivity contribution in [3.05, 3.63) is 11.6 Å². The Bertz CT molecular complexity index is 471. The molecule has 1 unspecified atom stereocenters. The van der Waals surface area contributed by atoms with Crippen LogP contribution in [0.15, 0.2) is 26.6 Å². The Hall–Kier alpha value is -2.11. The number of aliphatic imine (C=N–C) groups is 3. The third-order valence-electron chi connectivity index (χ3n) is 2.15. The molecule has 0 radical (unpaired) electrons. The molecule has 76 valence electrons. The summed E-state index contributed by atoms with van der Waals surface area (Å²) in [5, 5.41) is 8.85. The zero-order valence-corrected chi connectivity index (χ0v) is 7.84. The summed E-state index contributed by atoms with van der Waals surface area (Å²) in [6.07, 6.45) is 2.47. The van der Waals surface area contributed by atoms with E-state index in [0.29, 0.717) is 11.5 Å². The van der Waals surface area contributed by atoms with Crippen LogP contribution in [-0.2, 0) is 9.59 Å². The number of rotatable bonds is 1. The number of carboxylic acid groups (broad SMARTS) is 1. The Balaban J connectivity index is 2.48. The monoisotopic (exact) mass is 205 g/mol. The Labute approximate surface area is 84.8 Å². The van der Waals surface area contributed by atoms with Gasteiger partial charge in [0.2, 0.25) is 0 Å². The Morgan fingerprint density at radius 2 is 2.27 bits per heavy atom. The fraction of sp³-hybridized carbons (Fsp3) is 0.222. The molecule has 2 rings (SSSR count). The minimum absolute atomic E-state index is 0.0319. The molecule has 1 N–H and O–H groups in total. The molecule has 2 aliphatic heterocycles. The number of amidine groups is 1. The van der Waals surface area contributed by atoms with Gasteiger partial charge in [0.15, 0.2) is 0 Å². The minimum atomic E-state index is -1.10. The predicted molar refractivity (Wildman–Crippen MR) is 53.3 cm³/mol. The van der Waals surface area contributed by atoms with Crippen molar-refractivity contribution in [2.75, 3.05) is 0 Å². The second-order valence-corrected chi connectivity index (χ2v) is 3.13. The van der Waals surface area contributed by atoms with E-state index in [0.717, 1.165) is 6.34 Å². The van der Waals surface area contributed by atoms with Crippen LogP contribution in [0.3, 0.4) is 0 Å². The van der Waals surface area contributed by atoms with Gasteiger partial charge in [0.1, 0.15) is 18.1 Å². The molecule has 0 aliphatic carbocycles. The van der Waals surface area contributed by atoms with Crippen molar-refractivity contribution in [1.29, 1.82) is 0 Å². The number of aliphatic carboxylic acids is 1. The van der Waals surface area contributed by atoms with Gasteiger partial charge in [-0.1, -0.05) is 0 Å². The molecule has 0 bridgehead atoms.